The van der Waals surface area contributed by atoms with Crippen molar-refractivity contribution >= 4 is 0 Å². The molecule has 0 heterocycles. The van der Waals surface area contributed by atoms with E-state index in [0.717, 1.165) is 24.0 Å². The third-order valence-corrected chi connectivity index (χ3v) is 4.09. The summed E-state index contributed by atoms with van der Waals surface area (Å²) >= 11 is 0. The normalized spacial score (nSPS) is 17.4. The number of hydrogen-bond donors (Lipinski definition) is 1. The van der Waals surface area contributed by atoms with Crippen LogP contribution >= 0.6 is 0 Å². The maximum Gasteiger partial charge on any atom is 0.123 e. The summed E-state index contributed by atoms with van der Waals surface area (Å²) in [6, 6.07) is 6.25. The van der Waals surface area contributed by atoms with Crippen LogP contribution in [0.5, 0.6) is 11.5 Å². The van der Waals surface area contributed by atoms with Crippen LogP contribution in [-0.4, -0.2) is 20.8 Å². The van der Waals surface area contributed by atoms with Crippen molar-refractivity contribution in [2.45, 2.75) is 38.6 Å². The lowest BCUT2D eigenvalue weighted by Gasteiger charge is -2.20. The van der Waals surface area contributed by atoms with Crippen LogP contribution in [0.3, 0.4) is 0 Å². The minimum Gasteiger partial charge on any atom is -0.497 e. The van der Waals surface area contributed by atoms with Crippen molar-refractivity contribution in [3.05, 3.63) is 23.8 Å². The molecule has 3 heteroatoms. The summed E-state index contributed by atoms with van der Waals surface area (Å²) in [6.45, 7) is 3.29. The summed E-state index contributed by atoms with van der Waals surface area (Å²) in [5.74, 6) is 2.65. The van der Waals surface area contributed by atoms with E-state index >= 15 is 0 Å². The molecule has 0 spiro atoms. The minimum atomic E-state index is 0.283. The SMILES string of the molecule is COc1ccc(OC)c(C(C)NCC2CCCC2)c1. The Bertz CT molecular complexity index is 400. The molecule has 1 aromatic carbocycles. The van der Waals surface area contributed by atoms with Gasteiger partial charge in [0.05, 0.1) is 14.2 Å². The predicted molar refractivity (Wildman–Crippen MR) is 77.9 cm³/mol. The van der Waals surface area contributed by atoms with Crippen LogP contribution in [0.15, 0.2) is 18.2 Å². The monoisotopic (exact) mass is 263 g/mol. The van der Waals surface area contributed by atoms with Gasteiger partial charge in [0.15, 0.2) is 0 Å². The van der Waals surface area contributed by atoms with Crippen molar-refractivity contribution in [2.24, 2.45) is 5.92 Å². The van der Waals surface area contributed by atoms with Crippen LogP contribution in [0.1, 0.15) is 44.2 Å². The van der Waals surface area contributed by atoms with Crippen LogP contribution in [0.2, 0.25) is 0 Å². The van der Waals surface area contributed by atoms with Crippen molar-refractivity contribution in [2.75, 3.05) is 20.8 Å². The van der Waals surface area contributed by atoms with Crippen LogP contribution in [-0.2, 0) is 0 Å². The quantitative estimate of drug-likeness (QED) is 0.851. The Balaban J connectivity index is 2.01. The Hall–Kier alpha value is -1.22. The van der Waals surface area contributed by atoms with Gasteiger partial charge in [-0.3, -0.25) is 0 Å². The van der Waals surface area contributed by atoms with Crippen LogP contribution < -0.4 is 14.8 Å². The second-order valence-electron chi connectivity index (χ2n) is 5.39. The van der Waals surface area contributed by atoms with E-state index < -0.39 is 0 Å². The zero-order valence-corrected chi connectivity index (χ0v) is 12.2. The summed E-state index contributed by atoms with van der Waals surface area (Å²) in [4.78, 5) is 0. The van der Waals surface area contributed by atoms with Crippen LogP contribution in [0.4, 0.5) is 0 Å². The highest BCUT2D eigenvalue weighted by Crippen LogP contribution is 2.30. The Morgan fingerprint density at radius 3 is 2.58 bits per heavy atom. The van der Waals surface area contributed by atoms with Gasteiger partial charge < -0.3 is 14.8 Å². The van der Waals surface area contributed by atoms with E-state index in [1.54, 1.807) is 14.2 Å². The number of nitrogens with one attached hydrogen (secondary N) is 1. The first-order chi connectivity index (χ1) is 9.24. The molecule has 0 amide bonds. The Morgan fingerprint density at radius 1 is 1.21 bits per heavy atom. The molecule has 0 aliphatic heterocycles. The van der Waals surface area contributed by atoms with Crippen molar-refractivity contribution in [1.82, 2.24) is 5.32 Å². The number of ether oxygens (including phenoxy) is 2. The second-order valence-corrected chi connectivity index (χ2v) is 5.39. The highest BCUT2D eigenvalue weighted by molar-refractivity contribution is 5.42. The third kappa shape index (κ3) is 3.63. The first-order valence-electron chi connectivity index (χ1n) is 7.20. The zero-order valence-electron chi connectivity index (χ0n) is 12.2. The highest BCUT2D eigenvalue weighted by Gasteiger charge is 2.17. The average Bonchev–Trinajstić information content (AvgIpc) is 2.97. The molecule has 1 aliphatic carbocycles. The van der Waals surface area contributed by atoms with E-state index in [0.29, 0.717) is 0 Å². The molecule has 1 N–H and O–H groups in total. The Kier molecular flexibility index (Phi) is 5.08. The summed E-state index contributed by atoms with van der Waals surface area (Å²) in [5.41, 5.74) is 1.17. The topological polar surface area (TPSA) is 30.5 Å². The first kappa shape index (κ1) is 14.2. The molecular formula is C16H25NO2. The molecule has 0 bridgehead atoms. The van der Waals surface area contributed by atoms with E-state index in [9.17, 15) is 0 Å². The van der Waals surface area contributed by atoms with Gasteiger partial charge in [-0.15, -0.1) is 0 Å². The maximum atomic E-state index is 5.44. The summed E-state index contributed by atoms with van der Waals surface area (Å²) in [7, 11) is 3.41. The van der Waals surface area contributed by atoms with Crippen molar-refractivity contribution < 1.29 is 9.47 Å². The smallest absolute Gasteiger partial charge is 0.123 e. The predicted octanol–water partition coefficient (Wildman–Crippen LogP) is 3.54. The molecule has 1 aliphatic rings. The summed E-state index contributed by atoms with van der Waals surface area (Å²) in [5, 5.41) is 3.63. The molecule has 1 unspecified atom stereocenters. The zero-order chi connectivity index (χ0) is 13.7. The van der Waals surface area contributed by atoms with Crippen LogP contribution in [0, 0.1) is 5.92 Å². The van der Waals surface area contributed by atoms with Crippen molar-refractivity contribution in [3.63, 3.8) is 0 Å². The fraction of sp³-hybridized carbons (Fsp3) is 0.625. The molecule has 1 aromatic rings. The van der Waals surface area contributed by atoms with Crippen LogP contribution in [0.25, 0.3) is 0 Å². The highest BCUT2D eigenvalue weighted by atomic mass is 16.5. The molecule has 19 heavy (non-hydrogen) atoms. The first-order valence-corrected chi connectivity index (χ1v) is 7.20. The standard InChI is InChI=1S/C16H25NO2/c1-12(17-11-13-6-4-5-7-13)15-10-14(18-2)8-9-16(15)19-3/h8-10,12-13,17H,4-7,11H2,1-3H3. The largest absolute Gasteiger partial charge is 0.497 e. The molecule has 106 valence electrons. The Morgan fingerprint density at radius 2 is 1.95 bits per heavy atom. The average molecular weight is 263 g/mol. The molecular weight excluding hydrogens is 238 g/mol. The molecule has 1 saturated carbocycles. The lowest BCUT2D eigenvalue weighted by molar-refractivity contribution is 0.386. The van der Waals surface area contributed by atoms with E-state index in [-0.39, 0.29) is 6.04 Å². The van der Waals surface area contributed by atoms with Crippen molar-refractivity contribution in [1.29, 1.82) is 0 Å². The molecule has 0 radical (unpaired) electrons. The number of rotatable bonds is 6. The Labute approximate surface area is 116 Å². The molecule has 1 atom stereocenters. The van der Waals surface area contributed by atoms with Gasteiger partial charge in [-0.1, -0.05) is 12.8 Å². The molecule has 1 fully saturated rings. The van der Waals surface area contributed by atoms with Gasteiger partial charge in [0.2, 0.25) is 0 Å². The van der Waals surface area contributed by atoms with Gasteiger partial charge in [-0.05, 0) is 50.4 Å². The number of benzene rings is 1. The maximum absolute atomic E-state index is 5.44. The van der Waals surface area contributed by atoms with E-state index in [1.807, 2.05) is 12.1 Å². The second kappa shape index (κ2) is 6.80. The molecule has 2 rings (SSSR count). The number of hydrogen-bond acceptors (Lipinski definition) is 3. The molecule has 0 saturated heterocycles. The van der Waals surface area contributed by atoms with Gasteiger partial charge in [0.1, 0.15) is 11.5 Å². The minimum absolute atomic E-state index is 0.283. The van der Waals surface area contributed by atoms with Gasteiger partial charge in [-0.25, -0.2) is 0 Å². The van der Waals surface area contributed by atoms with Gasteiger partial charge in [-0.2, -0.15) is 0 Å². The summed E-state index contributed by atoms with van der Waals surface area (Å²) < 4.78 is 10.7. The van der Waals surface area contributed by atoms with Gasteiger partial charge in [0, 0.05) is 11.6 Å². The van der Waals surface area contributed by atoms with Gasteiger partial charge in [0.25, 0.3) is 0 Å². The van der Waals surface area contributed by atoms with E-state index in [2.05, 4.69) is 18.3 Å². The fourth-order valence-electron chi connectivity index (χ4n) is 2.85. The lowest BCUT2D eigenvalue weighted by atomic mass is 10.0. The molecule has 0 aromatic heterocycles. The lowest BCUT2D eigenvalue weighted by Crippen LogP contribution is -2.24. The number of methoxy groups -OCH3 is 2. The molecule has 3 nitrogen and oxygen atoms in total. The summed E-state index contributed by atoms with van der Waals surface area (Å²) in [6.07, 6.45) is 5.52. The van der Waals surface area contributed by atoms with Crippen molar-refractivity contribution in [3.8, 4) is 11.5 Å². The van der Waals surface area contributed by atoms with E-state index in [4.69, 9.17) is 9.47 Å². The van der Waals surface area contributed by atoms with E-state index in [1.165, 1.54) is 31.2 Å². The van der Waals surface area contributed by atoms with Gasteiger partial charge >= 0.3 is 0 Å². The fourth-order valence-corrected chi connectivity index (χ4v) is 2.85. The third-order valence-electron chi connectivity index (χ3n) is 4.09.